The van der Waals surface area contributed by atoms with E-state index in [2.05, 4.69) is 49.6 Å². The van der Waals surface area contributed by atoms with Crippen LogP contribution in [0.4, 0.5) is 0 Å². The zero-order valence-electron chi connectivity index (χ0n) is 38.2. The molecule has 0 saturated heterocycles. The van der Waals surface area contributed by atoms with E-state index in [1.54, 1.807) is 5.82 Å². The minimum atomic E-state index is 0.616. The Morgan fingerprint density at radius 1 is 0.352 bits per heavy atom. The molecule has 0 aliphatic rings. The average molecular weight is 756 g/mol. The highest BCUT2D eigenvalue weighted by molar-refractivity contribution is 4.90. The number of rotatable bonds is 45. The predicted molar refractivity (Wildman–Crippen MR) is 244 cm³/mol. The number of H-pyrrole nitrogens is 1. The normalized spacial score (nSPS) is 12.9. The molecule has 0 radical (unpaired) electrons. The molecule has 0 amide bonds. The van der Waals surface area contributed by atoms with Gasteiger partial charge in [0.15, 0.2) is 0 Å². The smallest absolute Gasteiger partial charge is 0.247 e. The minimum absolute atomic E-state index is 0.616. The second-order valence-corrected chi connectivity index (χ2v) is 18.2. The lowest BCUT2D eigenvalue weighted by molar-refractivity contribution is -0.727. The number of unbranched alkanes of at least 4 members (excludes halogenated alkanes) is 37. The van der Waals surface area contributed by atoms with E-state index < -0.39 is 0 Å². The van der Waals surface area contributed by atoms with Crippen molar-refractivity contribution in [1.29, 1.82) is 0 Å². The lowest BCUT2D eigenvalue weighted by Gasteiger charge is -2.17. The summed E-state index contributed by atoms with van der Waals surface area (Å²) in [6.07, 6.45) is 66.6. The number of hydrogen-bond donors (Lipinski definition) is 1. The first-order chi connectivity index (χ1) is 26.7. The SMILES string of the molecule is CCCCCCCCCCCCCCCCCCCC(CCCCCCCCCCCCCCCC)c1[nH]cc[n+]1C(C)CCCCCCCCCCC. The monoisotopic (exact) mass is 756 g/mol. The molecule has 1 rings (SSSR count). The van der Waals surface area contributed by atoms with Crippen LogP contribution in [0.1, 0.15) is 322 Å². The van der Waals surface area contributed by atoms with Gasteiger partial charge < -0.3 is 0 Å². The quantitative estimate of drug-likeness (QED) is 0.0505. The highest BCUT2D eigenvalue weighted by atomic mass is 15.1. The van der Waals surface area contributed by atoms with Crippen molar-refractivity contribution in [3.05, 3.63) is 18.2 Å². The summed E-state index contributed by atoms with van der Waals surface area (Å²) in [7, 11) is 0. The van der Waals surface area contributed by atoms with Crippen LogP contribution in [0.3, 0.4) is 0 Å². The number of nitrogens with one attached hydrogen (secondary N) is 1. The van der Waals surface area contributed by atoms with E-state index in [4.69, 9.17) is 0 Å². The zero-order chi connectivity index (χ0) is 38.8. The van der Waals surface area contributed by atoms with Gasteiger partial charge in [0, 0.05) is 0 Å². The van der Waals surface area contributed by atoms with Crippen LogP contribution in [0.2, 0.25) is 0 Å². The van der Waals surface area contributed by atoms with Crippen molar-refractivity contribution in [2.75, 3.05) is 0 Å². The molecule has 0 aliphatic heterocycles. The van der Waals surface area contributed by atoms with Gasteiger partial charge >= 0.3 is 0 Å². The first-order valence-electron chi connectivity index (χ1n) is 25.8. The van der Waals surface area contributed by atoms with E-state index in [0.717, 1.165) is 0 Å². The maximum absolute atomic E-state index is 3.79. The summed E-state index contributed by atoms with van der Waals surface area (Å²) >= 11 is 0. The summed E-state index contributed by atoms with van der Waals surface area (Å²) in [5.41, 5.74) is 0. The second-order valence-electron chi connectivity index (χ2n) is 18.2. The topological polar surface area (TPSA) is 19.7 Å². The molecule has 2 atom stereocenters. The number of aromatic amines is 1. The van der Waals surface area contributed by atoms with Crippen molar-refractivity contribution in [2.24, 2.45) is 0 Å². The van der Waals surface area contributed by atoms with E-state index in [-0.39, 0.29) is 0 Å². The molecule has 54 heavy (non-hydrogen) atoms. The van der Waals surface area contributed by atoms with Crippen LogP contribution < -0.4 is 4.57 Å². The fourth-order valence-corrected chi connectivity index (χ4v) is 9.08. The highest BCUT2D eigenvalue weighted by Crippen LogP contribution is 2.28. The van der Waals surface area contributed by atoms with Crippen molar-refractivity contribution in [3.63, 3.8) is 0 Å². The number of aromatic nitrogens is 2. The fraction of sp³-hybridized carbons (Fsp3) is 0.942. The molecule has 320 valence electrons. The Balaban J connectivity index is 2.34. The van der Waals surface area contributed by atoms with E-state index in [0.29, 0.717) is 12.0 Å². The maximum atomic E-state index is 3.79. The second kappa shape index (κ2) is 41.8. The van der Waals surface area contributed by atoms with Crippen LogP contribution in [-0.2, 0) is 0 Å². The molecule has 2 nitrogen and oxygen atoms in total. The summed E-state index contributed by atoms with van der Waals surface area (Å²) in [5.74, 6) is 2.25. The Labute approximate surface area is 342 Å². The third-order valence-corrected chi connectivity index (χ3v) is 12.9. The predicted octanol–water partition coefficient (Wildman–Crippen LogP) is 18.8. The molecule has 0 aromatic carbocycles. The minimum Gasteiger partial charge on any atom is -0.247 e. The molecular formula is C52H103N2+. The number of nitrogens with zero attached hydrogens (tertiary/aromatic N) is 1. The standard InChI is InChI=1S/C52H102N2/c1-5-8-11-14-17-20-22-24-26-27-28-30-32-35-38-41-44-47-51(46-43-40-37-34-31-29-25-23-21-18-15-12-9-6-2)52-53-48-49-54(52)50(4)45-42-39-36-33-19-16-13-10-7-3/h48-51H,5-47H2,1-4H3/p+1. The average Bonchev–Trinajstić information content (AvgIpc) is 3.68. The van der Waals surface area contributed by atoms with Gasteiger partial charge in [0.05, 0.1) is 12.0 Å². The van der Waals surface area contributed by atoms with E-state index in [1.165, 1.54) is 276 Å². The van der Waals surface area contributed by atoms with Gasteiger partial charge in [0.1, 0.15) is 12.4 Å². The Kier molecular flexibility index (Phi) is 39.7. The van der Waals surface area contributed by atoms with E-state index >= 15 is 0 Å². The van der Waals surface area contributed by atoms with E-state index in [1.807, 2.05) is 0 Å². The summed E-state index contributed by atoms with van der Waals surface area (Å²) in [4.78, 5) is 3.79. The Morgan fingerprint density at radius 2 is 0.593 bits per heavy atom. The van der Waals surface area contributed by atoms with Gasteiger partial charge in [-0.15, -0.1) is 0 Å². The van der Waals surface area contributed by atoms with Crippen molar-refractivity contribution in [1.82, 2.24) is 4.98 Å². The summed E-state index contributed by atoms with van der Waals surface area (Å²) in [6, 6.07) is 0.616. The fourth-order valence-electron chi connectivity index (χ4n) is 9.08. The van der Waals surface area contributed by atoms with Crippen LogP contribution in [0.15, 0.2) is 12.4 Å². The third kappa shape index (κ3) is 32.3. The maximum Gasteiger partial charge on any atom is 0.257 e. The molecule has 0 aliphatic carbocycles. The molecule has 2 heteroatoms. The van der Waals surface area contributed by atoms with E-state index in [9.17, 15) is 0 Å². The first kappa shape index (κ1) is 51.2. The summed E-state index contributed by atoms with van der Waals surface area (Å²) in [5, 5.41) is 0. The Bertz CT molecular complexity index is 828. The molecule has 1 aromatic heterocycles. The molecule has 0 spiro atoms. The van der Waals surface area contributed by atoms with Crippen LogP contribution in [0.5, 0.6) is 0 Å². The zero-order valence-corrected chi connectivity index (χ0v) is 38.2. The first-order valence-corrected chi connectivity index (χ1v) is 25.8. The molecule has 0 saturated carbocycles. The largest absolute Gasteiger partial charge is 0.257 e. The molecular weight excluding hydrogens is 653 g/mol. The van der Waals surface area contributed by atoms with Crippen LogP contribution in [0.25, 0.3) is 0 Å². The number of imidazole rings is 1. The van der Waals surface area contributed by atoms with Gasteiger partial charge in [-0.05, 0) is 32.6 Å². The molecule has 0 bridgehead atoms. The molecule has 1 heterocycles. The third-order valence-electron chi connectivity index (χ3n) is 12.9. The van der Waals surface area contributed by atoms with Crippen LogP contribution >= 0.6 is 0 Å². The lowest BCUT2D eigenvalue weighted by atomic mass is 9.92. The van der Waals surface area contributed by atoms with Gasteiger partial charge in [-0.2, -0.15) is 0 Å². The molecule has 0 fully saturated rings. The lowest BCUT2D eigenvalue weighted by Crippen LogP contribution is -2.41. The molecule has 1 aromatic rings. The highest BCUT2D eigenvalue weighted by Gasteiger charge is 2.25. The van der Waals surface area contributed by atoms with Gasteiger partial charge in [0.2, 0.25) is 0 Å². The van der Waals surface area contributed by atoms with Crippen LogP contribution in [0, 0.1) is 0 Å². The van der Waals surface area contributed by atoms with Crippen molar-refractivity contribution >= 4 is 0 Å². The van der Waals surface area contributed by atoms with Gasteiger partial charge in [-0.25, -0.2) is 9.55 Å². The van der Waals surface area contributed by atoms with Crippen LogP contribution in [-0.4, -0.2) is 4.98 Å². The van der Waals surface area contributed by atoms with Gasteiger partial charge in [-0.1, -0.05) is 271 Å². The summed E-state index contributed by atoms with van der Waals surface area (Å²) in [6.45, 7) is 9.44. The molecule has 1 N–H and O–H groups in total. The Morgan fingerprint density at radius 3 is 0.870 bits per heavy atom. The van der Waals surface area contributed by atoms with Gasteiger partial charge in [0.25, 0.3) is 5.82 Å². The van der Waals surface area contributed by atoms with Gasteiger partial charge in [-0.3, -0.25) is 0 Å². The Hall–Kier alpha value is -0.790. The number of hydrogen-bond acceptors (Lipinski definition) is 0. The summed E-state index contributed by atoms with van der Waals surface area (Å²) < 4.78 is 2.66. The van der Waals surface area contributed by atoms with Crippen molar-refractivity contribution in [3.8, 4) is 0 Å². The van der Waals surface area contributed by atoms with Crippen molar-refractivity contribution < 1.29 is 4.57 Å². The molecule has 2 unspecified atom stereocenters. The van der Waals surface area contributed by atoms with Crippen molar-refractivity contribution in [2.45, 2.75) is 316 Å².